The molecule has 0 aromatic heterocycles. The number of amides is 2. The van der Waals surface area contributed by atoms with Crippen LogP contribution in [-0.2, 0) is 28.7 Å². The molecule has 1 aliphatic carbocycles. The van der Waals surface area contributed by atoms with Crippen LogP contribution in [0.4, 0.5) is 18.0 Å². The Hall–Kier alpha value is -3.23. The van der Waals surface area contributed by atoms with Crippen molar-refractivity contribution in [3.63, 3.8) is 0 Å². The lowest BCUT2D eigenvalue weighted by Gasteiger charge is -2.24. The number of urea groups is 1. The SMILES string of the molecule is CCOC(=O)Cc1cc(-c2ccccc2CN(CC)C(=O)NC2CC2)c(OC)cc1C(F)(F)F. The van der Waals surface area contributed by atoms with Gasteiger partial charge in [-0.25, -0.2) is 4.79 Å². The Morgan fingerprint density at radius 1 is 1.09 bits per heavy atom. The number of nitrogens with one attached hydrogen (secondary N) is 1. The summed E-state index contributed by atoms with van der Waals surface area (Å²) in [7, 11) is 1.30. The first-order valence-corrected chi connectivity index (χ1v) is 11.2. The van der Waals surface area contributed by atoms with Crippen molar-refractivity contribution < 1.29 is 32.2 Å². The fourth-order valence-electron chi connectivity index (χ4n) is 3.73. The molecule has 0 aliphatic heterocycles. The van der Waals surface area contributed by atoms with E-state index in [-0.39, 0.29) is 36.5 Å². The normalized spacial score (nSPS) is 13.4. The van der Waals surface area contributed by atoms with Crippen LogP contribution in [0.3, 0.4) is 0 Å². The molecule has 1 N–H and O–H groups in total. The fourth-order valence-corrected chi connectivity index (χ4v) is 3.73. The maximum atomic E-state index is 13.8. The third kappa shape index (κ3) is 6.21. The molecule has 0 heterocycles. The minimum atomic E-state index is -4.67. The molecule has 0 bridgehead atoms. The van der Waals surface area contributed by atoms with Gasteiger partial charge in [0.05, 0.1) is 25.7 Å². The molecule has 0 atom stereocenters. The Balaban J connectivity index is 2.04. The van der Waals surface area contributed by atoms with Crippen molar-refractivity contribution in [3.8, 4) is 16.9 Å². The van der Waals surface area contributed by atoms with E-state index in [0.29, 0.717) is 17.7 Å². The molecule has 3 rings (SSSR count). The molecule has 0 radical (unpaired) electrons. The van der Waals surface area contributed by atoms with E-state index in [9.17, 15) is 22.8 Å². The summed E-state index contributed by atoms with van der Waals surface area (Å²) in [4.78, 5) is 26.3. The molecule has 9 heteroatoms. The van der Waals surface area contributed by atoms with Gasteiger partial charge in [0.25, 0.3) is 0 Å². The Morgan fingerprint density at radius 2 is 1.79 bits per heavy atom. The lowest BCUT2D eigenvalue weighted by Crippen LogP contribution is -2.40. The third-order valence-corrected chi connectivity index (χ3v) is 5.61. The molecule has 0 spiro atoms. The summed E-state index contributed by atoms with van der Waals surface area (Å²) >= 11 is 0. The summed E-state index contributed by atoms with van der Waals surface area (Å²) in [6.07, 6.45) is -3.27. The number of alkyl halides is 3. The van der Waals surface area contributed by atoms with Crippen LogP contribution < -0.4 is 10.1 Å². The predicted octanol–water partition coefficient (Wildman–Crippen LogP) is 5.18. The zero-order valence-electron chi connectivity index (χ0n) is 19.5. The molecule has 1 saturated carbocycles. The van der Waals surface area contributed by atoms with Crippen LogP contribution in [0, 0.1) is 0 Å². The van der Waals surface area contributed by atoms with Crippen LogP contribution in [0.5, 0.6) is 5.75 Å². The van der Waals surface area contributed by atoms with Gasteiger partial charge < -0.3 is 19.7 Å². The molecular formula is C25H29F3N2O4. The standard InChI is InChI=1S/C25H29F3N2O4/c1-4-30(24(32)29-18-10-11-18)15-16-8-6-7-9-19(16)20-12-17(13-23(31)34-5-2)21(25(26,27)28)14-22(20)33-3/h6-9,12,14,18H,4-5,10-11,13,15H2,1-3H3,(H,29,32). The van der Waals surface area contributed by atoms with Gasteiger partial charge in [-0.1, -0.05) is 24.3 Å². The topological polar surface area (TPSA) is 67.9 Å². The number of carbonyl (C=O) groups is 2. The molecule has 0 unspecified atom stereocenters. The van der Waals surface area contributed by atoms with Gasteiger partial charge in [-0.2, -0.15) is 13.2 Å². The zero-order chi connectivity index (χ0) is 24.9. The number of esters is 1. The monoisotopic (exact) mass is 478 g/mol. The number of carbonyl (C=O) groups excluding carboxylic acids is 2. The number of methoxy groups -OCH3 is 1. The average molecular weight is 479 g/mol. The maximum absolute atomic E-state index is 13.8. The van der Waals surface area contributed by atoms with E-state index >= 15 is 0 Å². The van der Waals surface area contributed by atoms with Crippen LogP contribution in [0.25, 0.3) is 11.1 Å². The number of benzene rings is 2. The van der Waals surface area contributed by atoms with Gasteiger partial charge in [0.15, 0.2) is 0 Å². The summed E-state index contributed by atoms with van der Waals surface area (Å²) in [5, 5.41) is 2.96. The second-order valence-electron chi connectivity index (χ2n) is 8.08. The van der Waals surface area contributed by atoms with Crippen molar-refractivity contribution in [2.24, 2.45) is 0 Å². The highest BCUT2D eigenvalue weighted by Gasteiger charge is 2.35. The first kappa shape index (κ1) is 25.4. The van der Waals surface area contributed by atoms with Crippen LogP contribution in [0.15, 0.2) is 36.4 Å². The Kier molecular flexibility index (Phi) is 8.06. The van der Waals surface area contributed by atoms with Gasteiger partial charge in [-0.05, 0) is 55.5 Å². The second-order valence-corrected chi connectivity index (χ2v) is 8.08. The average Bonchev–Trinajstić information content (AvgIpc) is 3.60. The molecule has 2 aromatic rings. The lowest BCUT2D eigenvalue weighted by molar-refractivity contribution is -0.143. The third-order valence-electron chi connectivity index (χ3n) is 5.61. The molecule has 0 saturated heterocycles. The van der Waals surface area contributed by atoms with E-state index in [2.05, 4.69) is 5.32 Å². The van der Waals surface area contributed by atoms with E-state index < -0.39 is 24.1 Å². The summed E-state index contributed by atoms with van der Waals surface area (Å²) in [5.74, 6) is -0.718. The minimum absolute atomic E-state index is 0.0258. The summed E-state index contributed by atoms with van der Waals surface area (Å²) in [6, 6.07) is 9.43. The summed E-state index contributed by atoms with van der Waals surface area (Å²) in [6.45, 7) is 4.26. The van der Waals surface area contributed by atoms with E-state index in [1.807, 2.05) is 19.1 Å². The van der Waals surface area contributed by atoms with Crippen molar-refractivity contribution in [2.45, 2.75) is 51.9 Å². The van der Waals surface area contributed by atoms with Crippen LogP contribution in [-0.4, -0.2) is 43.2 Å². The van der Waals surface area contributed by atoms with Crippen molar-refractivity contribution in [1.29, 1.82) is 0 Å². The van der Waals surface area contributed by atoms with Gasteiger partial charge in [0.2, 0.25) is 0 Å². The van der Waals surface area contributed by atoms with Gasteiger partial charge in [-0.15, -0.1) is 0 Å². The number of ether oxygens (including phenoxy) is 2. The number of hydrogen-bond donors (Lipinski definition) is 1. The minimum Gasteiger partial charge on any atom is -0.496 e. The Bertz CT molecular complexity index is 1040. The predicted molar refractivity (Wildman–Crippen MR) is 121 cm³/mol. The smallest absolute Gasteiger partial charge is 0.416 e. The van der Waals surface area contributed by atoms with E-state index in [4.69, 9.17) is 9.47 Å². The van der Waals surface area contributed by atoms with Crippen molar-refractivity contribution in [3.05, 3.63) is 53.1 Å². The first-order valence-electron chi connectivity index (χ1n) is 11.2. The number of halogens is 3. The Morgan fingerprint density at radius 3 is 2.38 bits per heavy atom. The highest BCUT2D eigenvalue weighted by molar-refractivity contribution is 5.79. The van der Waals surface area contributed by atoms with Crippen LogP contribution in [0.2, 0.25) is 0 Å². The molecule has 184 valence electrons. The number of rotatable bonds is 9. The molecule has 1 aliphatic rings. The van der Waals surface area contributed by atoms with Crippen molar-refractivity contribution in [1.82, 2.24) is 10.2 Å². The van der Waals surface area contributed by atoms with E-state index in [1.54, 1.807) is 24.0 Å². The maximum Gasteiger partial charge on any atom is 0.416 e. The van der Waals surface area contributed by atoms with Gasteiger partial charge in [-0.3, -0.25) is 4.79 Å². The van der Waals surface area contributed by atoms with Crippen LogP contribution in [0.1, 0.15) is 43.4 Å². The molecule has 6 nitrogen and oxygen atoms in total. The molecule has 34 heavy (non-hydrogen) atoms. The number of nitrogens with zero attached hydrogens (tertiary/aromatic N) is 1. The zero-order valence-corrected chi connectivity index (χ0v) is 19.5. The molecular weight excluding hydrogens is 449 g/mol. The quantitative estimate of drug-likeness (QED) is 0.505. The van der Waals surface area contributed by atoms with Gasteiger partial charge >= 0.3 is 18.2 Å². The summed E-state index contributed by atoms with van der Waals surface area (Å²) in [5.41, 5.74) is 0.628. The van der Waals surface area contributed by atoms with Crippen LogP contribution >= 0.6 is 0 Å². The van der Waals surface area contributed by atoms with Gasteiger partial charge in [0, 0.05) is 24.7 Å². The molecule has 2 aromatic carbocycles. The fraction of sp³-hybridized carbons (Fsp3) is 0.440. The van der Waals surface area contributed by atoms with Crippen molar-refractivity contribution in [2.75, 3.05) is 20.3 Å². The van der Waals surface area contributed by atoms with E-state index in [0.717, 1.165) is 24.5 Å². The second kappa shape index (κ2) is 10.8. The van der Waals surface area contributed by atoms with E-state index in [1.165, 1.54) is 13.2 Å². The van der Waals surface area contributed by atoms with Gasteiger partial charge in [0.1, 0.15) is 5.75 Å². The van der Waals surface area contributed by atoms with Crippen molar-refractivity contribution >= 4 is 12.0 Å². The highest BCUT2D eigenvalue weighted by atomic mass is 19.4. The lowest BCUT2D eigenvalue weighted by atomic mass is 9.93. The first-order chi connectivity index (χ1) is 16.2. The largest absolute Gasteiger partial charge is 0.496 e. The highest BCUT2D eigenvalue weighted by Crippen LogP contribution is 2.41. The molecule has 2 amide bonds. The number of hydrogen-bond acceptors (Lipinski definition) is 4. The summed E-state index contributed by atoms with van der Waals surface area (Å²) < 4.78 is 51.5. The Labute approximate surface area is 197 Å². The molecule has 1 fully saturated rings.